The van der Waals surface area contributed by atoms with Gasteiger partial charge in [0.15, 0.2) is 11.5 Å². The number of ether oxygens (including phenoxy) is 2. The summed E-state index contributed by atoms with van der Waals surface area (Å²) in [5, 5.41) is 0. The van der Waals surface area contributed by atoms with E-state index >= 15 is 0 Å². The largest absolute Gasteiger partial charge is 0.486 e. The van der Waals surface area contributed by atoms with Crippen LogP contribution in [-0.2, 0) is 0 Å². The van der Waals surface area contributed by atoms with Crippen molar-refractivity contribution in [1.29, 1.82) is 0 Å². The third-order valence-corrected chi connectivity index (χ3v) is 5.03. The molecule has 1 aliphatic rings. The van der Waals surface area contributed by atoms with Crippen LogP contribution < -0.4 is 15.2 Å². The van der Waals surface area contributed by atoms with Gasteiger partial charge in [0.25, 0.3) is 5.91 Å². The lowest BCUT2D eigenvalue weighted by Crippen LogP contribution is -2.29. The van der Waals surface area contributed by atoms with E-state index in [0.717, 1.165) is 16.9 Å². The molecule has 4 rings (SSSR count). The minimum atomic E-state index is -0.127. The zero-order chi connectivity index (χ0) is 20.4. The Hall–Kier alpha value is -3.61. The standard InChI is InChI=1S/C22H22N4O3/c1-14(17-7-8-19-20(11-17)29-10-9-28-19)26(2)22(27)16-5-3-15(4-6-16)18-12-24-13-21(23)25-18/h3-8,11-14H,9-10H2,1-2H3,(H2,23,25). The highest BCUT2D eigenvalue weighted by Crippen LogP contribution is 2.34. The predicted octanol–water partition coefficient (Wildman–Crippen LogP) is 3.33. The number of hydrogen-bond acceptors (Lipinski definition) is 6. The number of benzene rings is 2. The molecule has 0 spiro atoms. The monoisotopic (exact) mass is 390 g/mol. The maximum absolute atomic E-state index is 13.0. The van der Waals surface area contributed by atoms with Gasteiger partial charge in [-0.15, -0.1) is 0 Å². The van der Waals surface area contributed by atoms with Crippen LogP contribution in [0.1, 0.15) is 28.9 Å². The fraction of sp³-hybridized carbons (Fsp3) is 0.227. The van der Waals surface area contributed by atoms with Crippen LogP contribution in [0.15, 0.2) is 54.9 Å². The van der Waals surface area contributed by atoms with E-state index in [1.165, 1.54) is 6.20 Å². The number of amides is 1. The number of rotatable bonds is 4. The minimum absolute atomic E-state index is 0.0717. The fourth-order valence-electron chi connectivity index (χ4n) is 3.23. The van der Waals surface area contributed by atoms with Crippen LogP contribution >= 0.6 is 0 Å². The summed E-state index contributed by atoms with van der Waals surface area (Å²) in [6.07, 6.45) is 3.14. The first-order valence-electron chi connectivity index (χ1n) is 9.37. The van der Waals surface area contributed by atoms with E-state index in [-0.39, 0.29) is 11.9 Å². The molecule has 0 saturated carbocycles. The summed E-state index contributed by atoms with van der Waals surface area (Å²) in [5.74, 6) is 1.74. The Morgan fingerprint density at radius 1 is 1.07 bits per heavy atom. The fourth-order valence-corrected chi connectivity index (χ4v) is 3.23. The molecule has 0 saturated heterocycles. The molecule has 0 bridgehead atoms. The molecule has 1 unspecified atom stereocenters. The first kappa shape index (κ1) is 18.7. The molecule has 1 aromatic heterocycles. The van der Waals surface area contributed by atoms with Gasteiger partial charge in [-0.2, -0.15) is 0 Å². The molecule has 2 heterocycles. The van der Waals surface area contributed by atoms with E-state index in [9.17, 15) is 4.79 Å². The van der Waals surface area contributed by atoms with Gasteiger partial charge in [0.1, 0.15) is 19.0 Å². The molecule has 1 amide bonds. The summed E-state index contributed by atoms with van der Waals surface area (Å²) < 4.78 is 11.2. The Labute approximate surface area is 169 Å². The van der Waals surface area contributed by atoms with Crippen molar-refractivity contribution in [3.63, 3.8) is 0 Å². The number of nitrogens with zero attached hydrogens (tertiary/aromatic N) is 3. The highest BCUT2D eigenvalue weighted by atomic mass is 16.6. The van der Waals surface area contributed by atoms with Crippen molar-refractivity contribution in [1.82, 2.24) is 14.9 Å². The summed E-state index contributed by atoms with van der Waals surface area (Å²) in [5.41, 5.74) is 8.79. The Balaban J connectivity index is 1.51. The van der Waals surface area contributed by atoms with Gasteiger partial charge in [-0.1, -0.05) is 18.2 Å². The lowest BCUT2D eigenvalue weighted by Gasteiger charge is -2.27. The second-order valence-corrected chi connectivity index (χ2v) is 6.90. The van der Waals surface area contributed by atoms with E-state index in [1.54, 1.807) is 30.3 Å². The molecule has 148 valence electrons. The second kappa shape index (κ2) is 7.79. The highest BCUT2D eigenvalue weighted by molar-refractivity contribution is 5.94. The van der Waals surface area contributed by atoms with Gasteiger partial charge in [0.2, 0.25) is 0 Å². The van der Waals surface area contributed by atoms with E-state index in [1.807, 2.05) is 37.3 Å². The predicted molar refractivity (Wildman–Crippen MR) is 110 cm³/mol. The van der Waals surface area contributed by atoms with Crippen molar-refractivity contribution in [2.75, 3.05) is 26.0 Å². The lowest BCUT2D eigenvalue weighted by molar-refractivity contribution is 0.0742. The van der Waals surface area contributed by atoms with Gasteiger partial charge in [0, 0.05) is 18.2 Å². The van der Waals surface area contributed by atoms with E-state index in [0.29, 0.717) is 36.0 Å². The van der Waals surface area contributed by atoms with Crippen LogP contribution in [0, 0.1) is 0 Å². The van der Waals surface area contributed by atoms with Crippen molar-refractivity contribution < 1.29 is 14.3 Å². The van der Waals surface area contributed by atoms with E-state index in [2.05, 4.69) is 9.97 Å². The lowest BCUT2D eigenvalue weighted by atomic mass is 10.0. The molecule has 7 nitrogen and oxygen atoms in total. The molecular weight excluding hydrogens is 368 g/mol. The number of nitrogen functional groups attached to an aromatic ring is 1. The summed E-state index contributed by atoms with van der Waals surface area (Å²) >= 11 is 0. The summed E-state index contributed by atoms with van der Waals surface area (Å²) in [6, 6.07) is 12.9. The van der Waals surface area contributed by atoms with E-state index < -0.39 is 0 Å². The van der Waals surface area contributed by atoms with Gasteiger partial charge >= 0.3 is 0 Å². The topological polar surface area (TPSA) is 90.6 Å². The first-order valence-corrected chi connectivity index (χ1v) is 9.37. The molecular formula is C22H22N4O3. The molecule has 0 aliphatic carbocycles. The Kier molecular flexibility index (Phi) is 5.03. The van der Waals surface area contributed by atoms with Crippen molar-refractivity contribution in [2.45, 2.75) is 13.0 Å². The average Bonchev–Trinajstić information content (AvgIpc) is 2.77. The molecule has 0 fully saturated rings. The second-order valence-electron chi connectivity index (χ2n) is 6.90. The molecule has 0 radical (unpaired) electrons. The van der Waals surface area contributed by atoms with Gasteiger partial charge in [0.05, 0.1) is 24.1 Å². The summed E-state index contributed by atoms with van der Waals surface area (Å²) in [4.78, 5) is 23.0. The molecule has 7 heteroatoms. The van der Waals surface area contributed by atoms with Crippen molar-refractivity contribution in [2.24, 2.45) is 0 Å². The van der Waals surface area contributed by atoms with Crippen LogP contribution in [0.5, 0.6) is 11.5 Å². The first-order chi connectivity index (χ1) is 14.0. The molecule has 29 heavy (non-hydrogen) atoms. The van der Waals surface area contributed by atoms with Gasteiger partial charge in [-0.05, 0) is 36.8 Å². The zero-order valence-electron chi connectivity index (χ0n) is 16.3. The molecule has 1 aliphatic heterocycles. The smallest absolute Gasteiger partial charge is 0.254 e. The summed E-state index contributed by atoms with van der Waals surface area (Å²) in [6.45, 7) is 3.07. The van der Waals surface area contributed by atoms with Crippen LogP contribution in [0.4, 0.5) is 5.82 Å². The quantitative estimate of drug-likeness (QED) is 0.735. The number of carbonyl (C=O) groups is 1. The van der Waals surface area contributed by atoms with Crippen molar-refractivity contribution >= 4 is 11.7 Å². The van der Waals surface area contributed by atoms with Crippen molar-refractivity contribution in [3.05, 3.63) is 66.0 Å². The number of aromatic nitrogens is 2. The maximum Gasteiger partial charge on any atom is 0.254 e. The number of carbonyl (C=O) groups excluding carboxylic acids is 1. The normalized spacial score (nSPS) is 13.6. The van der Waals surface area contributed by atoms with Crippen LogP contribution in [-0.4, -0.2) is 41.0 Å². The minimum Gasteiger partial charge on any atom is -0.486 e. The third-order valence-electron chi connectivity index (χ3n) is 5.03. The number of fused-ring (bicyclic) bond motifs is 1. The molecule has 3 aromatic rings. The molecule has 1 atom stereocenters. The number of anilines is 1. The van der Waals surface area contributed by atoms with Crippen LogP contribution in [0.25, 0.3) is 11.3 Å². The molecule has 2 aromatic carbocycles. The number of nitrogens with two attached hydrogens (primary N) is 1. The maximum atomic E-state index is 13.0. The van der Waals surface area contributed by atoms with Gasteiger partial charge in [-0.25, -0.2) is 4.98 Å². The average molecular weight is 390 g/mol. The van der Waals surface area contributed by atoms with E-state index in [4.69, 9.17) is 15.2 Å². The van der Waals surface area contributed by atoms with Crippen molar-refractivity contribution in [3.8, 4) is 22.8 Å². The van der Waals surface area contributed by atoms with Gasteiger partial charge in [-0.3, -0.25) is 9.78 Å². The SMILES string of the molecule is CC(c1ccc2c(c1)OCCO2)N(C)C(=O)c1ccc(-c2cncc(N)n2)cc1. The zero-order valence-corrected chi connectivity index (χ0v) is 16.3. The Morgan fingerprint density at radius 3 is 2.52 bits per heavy atom. The van der Waals surface area contributed by atoms with Gasteiger partial charge < -0.3 is 20.1 Å². The highest BCUT2D eigenvalue weighted by Gasteiger charge is 2.21. The number of hydrogen-bond donors (Lipinski definition) is 1. The Morgan fingerprint density at radius 2 is 1.79 bits per heavy atom. The summed E-state index contributed by atoms with van der Waals surface area (Å²) in [7, 11) is 1.79. The van der Waals surface area contributed by atoms with Crippen LogP contribution in [0.2, 0.25) is 0 Å². The third kappa shape index (κ3) is 3.85. The van der Waals surface area contributed by atoms with Crippen LogP contribution in [0.3, 0.4) is 0 Å². The molecule has 2 N–H and O–H groups in total. The Bertz CT molecular complexity index is 1040.